The van der Waals surface area contributed by atoms with Crippen molar-refractivity contribution >= 4 is 12.0 Å². The van der Waals surface area contributed by atoms with Crippen LogP contribution in [0.25, 0.3) is 6.08 Å². The number of pyridine rings is 1. The van der Waals surface area contributed by atoms with Gasteiger partial charge in [0, 0.05) is 12.3 Å². The molecule has 0 aliphatic heterocycles. The Hall–Kier alpha value is -4.13. The van der Waals surface area contributed by atoms with Crippen LogP contribution in [0.5, 0.6) is 11.5 Å². The monoisotopic (exact) mass is 418 g/mol. The second-order valence-electron chi connectivity index (χ2n) is 6.67. The first-order valence-corrected chi connectivity index (χ1v) is 9.56. The topological polar surface area (TPSA) is 68.7 Å². The highest BCUT2D eigenvalue weighted by Crippen LogP contribution is 2.25. The molecule has 3 aromatic heterocycles. The molecule has 0 aliphatic carbocycles. The molecule has 7 heteroatoms. The molecule has 0 atom stereocenters. The van der Waals surface area contributed by atoms with Crippen LogP contribution in [0.15, 0.2) is 94.4 Å². The number of benzene rings is 1. The van der Waals surface area contributed by atoms with Crippen LogP contribution in [0.3, 0.4) is 0 Å². The summed E-state index contributed by atoms with van der Waals surface area (Å²) in [6.45, 7) is 0.562. The van der Waals surface area contributed by atoms with Crippen molar-refractivity contribution in [2.24, 2.45) is 0 Å². The summed E-state index contributed by atoms with van der Waals surface area (Å²) in [7, 11) is 0. The van der Waals surface area contributed by atoms with Crippen LogP contribution in [-0.2, 0) is 17.9 Å². The standard InChI is InChI=1S/C24H19FN2O4/c25-22-14-18(7-9-23(22)31-19-4-1-11-26-15-19)8-10-24(28)27(16-20-5-2-12-29-20)17-21-6-3-13-30-21/h1-15H,16-17H2/b10-8+. The summed E-state index contributed by atoms with van der Waals surface area (Å²) >= 11 is 0. The minimum atomic E-state index is -0.540. The van der Waals surface area contributed by atoms with E-state index in [9.17, 15) is 9.18 Å². The lowest BCUT2D eigenvalue weighted by molar-refractivity contribution is -0.127. The van der Waals surface area contributed by atoms with Gasteiger partial charge in [0.2, 0.25) is 5.91 Å². The zero-order valence-corrected chi connectivity index (χ0v) is 16.5. The quantitative estimate of drug-likeness (QED) is 0.356. The highest BCUT2D eigenvalue weighted by atomic mass is 19.1. The van der Waals surface area contributed by atoms with Gasteiger partial charge in [-0.25, -0.2) is 4.39 Å². The fraction of sp³-hybridized carbons (Fsp3) is 0.0833. The average Bonchev–Trinajstić information content (AvgIpc) is 3.48. The third kappa shape index (κ3) is 5.48. The molecule has 1 aromatic carbocycles. The van der Waals surface area contributed by atoms with E-state index in [1.165, 1.54) is 24.4 Å². The molecule has 0 fully saturated rings. The van der Waals surface area contributed by atoms with Gasteiger partial charge >= 0.3 is 0 Å². The zero-order valence-electron chi connectivity index (χ0n) is 16.5. The number of nitrogens with zero attached hydrogens (tertiary/aromatic N) is 2. The molecule has 4 rings (SSSR count). The number of amides is 1. The lowest BCUT2D eigenvalue weighted by Crippen LogP contribution is -2.28. The van der Waals surface area contributed by atoms with E-state index in [2.05, 4.69) is 4.98 Å². The van der Waals surface area contributed by atoms with E-state index in [1.807, 2.05) is 0 Å². The third-order valence-electron chi connectivity index (χ3n) is 4.40. The maximum atomic E-state index is 14.4. The minimum absolute atomic E-state index is 0.0775. The number of hydrogen-bond donors (Lipinski definition) is 0. The normalized spacial score (nSPS) is 11.0. The molecule has 0 saturated carbocycles. The van der Waals surface area contributed by atoms with E-state index in [4.69, 9.17) is 13.6 Å². The summed E-state index contributed by atoms with van der Waals surface area (Å²) < 4.78 is 30.6. The minimum Gasteiger partial charge on any atom is -0.467 e. The number of hydrogen-bond acceptors (Lipinski definition) is 5. The van der Waals surface area contributed by atoms with Crippen LogP contribution in [0.1, 0.15) is 17.1 Å². The number of aromatic nitrogens is 1. The van der Waals surface area contributed by atoms with Gasteiger partial charge in [0.05, 0.1) is 31.8 Å². The van der Waals surface area contributed by atoms with Crippen molar-refractivity contribution in [1.82, 2.24) is 9.88 Å². The molecular weight excluding hydrogens is 399 g/mol. The van der Waals surface area contributed by atoms with Crippen molar-refractivity contribution in [2.45, 2.75) is 13.1 Å². The predicted octanol–water partition coefficient (Wildman–Crippen LogP) is 5.44. The first kappa shape index (κ1) is 20.2. The summed E-state index contributed by atoms with van der Waals surface area (Å²) in [5.41, 5.74) is 0.528. The Bertz CT molecular complexity index is 1100. The summed E-state index contributed by atoms with van der Waals surface area (Å²) in [6, 6.07) is 15.0. The summed E-state index contributed by atoms with van der Waals surface area (Å²) in [4.78, 5) is 18.3. The lowest BCUT2D eigenvalue weighted by Gasteiger charge is -2.18. The molecule has 0 saturated heterocycles. The van der Waals surface area contributed by atoms with E-state index in [0.29, 0.717) is 22.8 Å². The van der Waals surface area contributed by atoms with Gasteiger partial charge in [0.15, 0.2) is 11.6 Å². The number of furan rings is 2. The molecular formula is C24H19FN2O4. The van der Waals surface area contributed by atoms with Crippen LogP contribution in [0, 0.1) is 5.82 Å². The number of ether oxygens (including phenoxy) is 1. The molecule has 0 unspecified atom stereocenters. The maximum absolute atomic E-state index is 14.4. The molecule has 0 radical (unpaired) electrons. The molecule has 156 valence electrons. The van der Waals surface area contributed by atoms with E-state index in [-0.39, 0.29) is 24.7 Å². The molecule has 3 heterocycles. The Morgan fingerprint density at radius 1 is 1.03 bits per heavy atom. The lowest BCUT2D eigenvalue weighted by atomic mass is 10.2. The molecule has 31 heavy (non-hydrogen) atoms. The van der Waals surface area contributed by atoms with Gasteiger partial charge < -0.3 is 18.5 Å². The van der Waals surface area contributed by atoms with Crippen molar-refractivity contribution in [3.63, 3.8) is 0 Å². The van der Waals surface area contributed by atoms with Crippen LogP contribution in [-0.4, -0.2) is 15.8 Å². The van der Waals surface area contributed by atoms with Crippen molar-refractivity contribution in [1.29, 1.82) is 0 Å². The largest absolute Gasteiger partial charge is 0.467 e. The third-order valence-corrected chi connectivity index (χ3v) is 4.40. The van der Waals surface area contributed by atoms with Crippen LogP contribution >= 0.6 is 0 Å². The smallest absolute Gasteiger partial charge is 0.247 e. The molecule has 0 N–H and O–H groups in total. The molecule has 4 aromatic rings. The Labute approximate surface area is 178 Å². The Kier molecular flexibility index (Phi) is 6.23. The Morgan fingerprint density at radius 2 is 1.77 bits per heavy atom. The van der Waals surface area contributed by atoms with Crippen LogP contribution < -0.4 is 4.74 Å². The SMILES string of the molecule is O=C(/C=C/c1ccc(Oc2cccnc2)c(F)c1)N(Cc1ccco1)Cc1ccco1. The first-order valence-electron chi connectivity index (χ1n) is 9.56. The molecule has 0 aliphatic rings. The second kappa shape index (κ2) is 9.58. The summed E-state index contributed by atoms with van der Waals surface area (Å²) in [5.74, 6) is 1.01. The number of carbonyl (C=O) groups excluding carboxylic acids is 1. The van der Waals surface area contributed by atoms with Crippen molar-refractivity contribution < 1.29 is 22.8 Å². The number of halogens is 1. The van der Waals surface area contributed by atoms with E-state index < -0.39 is 5.82 Å². The Morgan fingerprint density at radius 3 is 2.35 bits per heavy atom. The zero-order chi connectivity index (χ0) is 21.5. The predicted molar refractivity (Wildman–Crippen MR) is 111 cm³/mol. The van der Waals surface area contributed by atoms with E-state index in [1.54, 1.807) is 72.2 Å². The highest BCUT2D eigenvalue weighted by Gasteiger charge is 2.15. The van der Waals surface area contributed by atoms with Gasteiger partial charge in [-0.15, -0.1) is 0 Å². The van der Waals surface area contributed by atoms with Crippen molar-refractivity contribution in [2.75, 3.05) is 0 Å². The van der Waals surface area contributed by atoms with Gasteiger partial charge in [-0.3, -0.25) is 9.78 Å². The van der Waals surface area contributed by atoms with Gasteiger partial charge in [-0.2, -0.15) is 0 Å². The van der Waals surface area contributed by atoms with Crippen LogP contribution in [0.4, 0.5) is 4.39 Å². The molecule has 1 amide bonds. The average molecular weight is 418 g/mol. The molecule has 6 nitrogen and oxygen atoms in total. The van der Waals surface area contributed by atoms with E-state index in [0.717, 1.165) is 0 Å². The Balaban J connectivity index is 1.46. The van der Waals surface area contributed by atoms with Gasteiger partial charge in [-0.1, -0.05) is 6.07 Å². The first-order chi connectivity index (χ1) is 15.2. The van der Waals surface area contributed by atoms with Crippen molar-refractivity contribution in [3.8, 4) is 11.5 Å². The van der Waals surface area contributed by atoms with E-state index >= 15 is 0 Å². The highest BCUT2D eigenvalue weighted by molar-refractivity contribution is 5.91. The van der Waals surface area contributed by atoms with Gasteiger partial charge in [-0.05, 0) is 60.2 Å². The molecule has 0 bridgehead atoms. The number of rotatable bonds is 8. The van der Waals surface area contributed by atoms with Gasteiger partial charge in [0.1, 0.15) is 17.3 Å². The van der Waals surface area contributed by atoms with Gasteiger partial charge in [0.25, 0.3) is 0 Å². The summed E-state index contributed by atoms with van der Waals surface area (Å²) in [5, 5.41) is 0. The number of carbonyl (C=O) groups is 1. The van der Waals surface area contributed by atoms with Crippen molar-refractivity contribution in [3.05, 3.63) is 108 Å². The fourth-order valence-corrected chi connectivity index (χ4v) is 2.90. The summed E-state index contributed by atoms with van der Waals surface area (Å²) in [6.07, 6.45) is 9.16. The maximum Gasteiger partial charge on any atom is 0.247 e. The molecule has 0 spiro atoms. The second-order valence-corrected chi connectivity index (χ2v) is 6.67. The fourth-order valence-electron chi connectivity index (χ4n) is 2.90. The van der Waals surface area contributed by atoms with Crippen LogP contribution in [0.2, 0.25) is 0 Å².